The molecule has 5 rings (SSSR count). The van der Waals surface area contributed by atoms with E-state index in [1.165, 1.54) is 48.8 Å². The minimum Gasteiger partial charge on any atom is -0.382 e. The van der Waals surface area contributed by atoms with Crippen LogP contribution in [0, 0.1) is 0 Å². The van der Waals surface area contributed by atoms with Crippen LogP contribution < -0.4 is 5.73 Å². The molecule has 5 nitrogen and oxygen atoms in total. The Hall–Kier alpha value is -2.64. The van der Waals surface area contributed by atoms with Crippen LogP contribution in [0.15, 0.2) is 53.7 Å². The van der Waals surface area contributed by atoms with E-state index in [1.807, 2.05) is 24.3 Å². The number of pyridine rings is 1. The Kier molecular flexibility index (Phi) is 5.78. The Morgan fingerprint density at radius 3 is 2.39 bits per heavy atom. The second-order valence-corrected chi connectivity index (χ2v) is 9.09. The quantitative estimate of drug-likeness (QED) is 0.420. The van der Waals surface area contributed by atoms with Crippen LogP contribution in [0.25, 0.3) is 21.9 Å². The molecule has 0 unspecified atom stereocenters. The number of nitrogens with zero attached hydrogens (tertiary/aromatic N) is 4. The van der Waals surface area contributed by atoms with E-state index in [0.29, 0.717) is 23.6 Å². The molecule has 0 bridgehead atoms. The molecule has 0 spiro atoms. The third kappa shape index (κ3) is 4.12. The average molecular weight is 436 g/mol. The second kappa shape index (κ2) is 8.85. The lowest BCUT2D eigenvalue weighted by Crippen LogP contribution is -2.18. The number of para-hydroxylation sites is 1. The van der Waals surface area contributed by atoms with Crippen molar-refractivity contribution in [2.45, 2.75) is 31.1 Å². The Bertz CT molecular complexity index is 1200. The van der Waals surface area contributed by atoms with Gasteiger partial charge in [-0.25, -0.2) is 9.97 Å². The average Bonchev–Trinajstić information content (AvgIpc) is 3.42. The van der Waals surface area contributed by atoms with Gasteiger partial charge in [0.05, 0.1) is 24.3 Å². The topological polar surface area (TPSA) is 60.0 Å². The molecule has 7 heteroatoms. The van der Waals surface area contributed by atoms with E-state index >= 15 is 0 Å². The van der Waals surface area contributed by atoms with Crippen molar-refractivity contribution >= 4 is 39.5 Å². The number of alkyl halides is 1. The molecule has 2 N–H and O–H groups in total. The molecule has 1 aliphatic rings. The van der Waals surface area contributed by atoms with Crippen LogP contribution in [0.4, 0.5) is 10.2 Å². The van der Waals surface area contributed by atoms with E-state index in [2.05, 4.69) is 38.7 Å². The van der Waals surface area contributed by atoms with E-state index in [9.17, 15) is 4.39 Å². The lowest BCUT2D eigenvalue weighted by Gasteiger charge is -2.15. The SMILES string of the molecule is Nc1nc2ccccc2c2c1nc(SCCF)n2Cc1ccc(CN2CCCC2)cc1. The van der Waals surface area contributed by atoms with Crippen molar-refractivity contribution in [2.24, 2.45) is 0 Å². The monoisotopic (exact) mass is 435 g/mol. The molecular weight excluding hydrogens is 409 g/mol. The number of fused-ring (bicyclic) bond motifs is 3. The number of imidazole rings is 1. The maximum atomic E-state index is 12.9. The number of benzene rings is 2. The standard InChI is InChI=1S/C24H26FN5S/c25-11-14-31-24-28-21-22(19-5-1-2-6-20(19)27-23(21)26)30(24)16-18-9-7-17(8-10-18)15-29-12-3-4-13-29/h1-2,5-10H,3-4,11-16H2,(H2,26,27). The first kappa shape index (κ1) is 20.3. The van der Waals surface area contributed by atoms with Crippen LogP contribution in [-0.4, -0.2) is 45.0 Å². The summed E-state index contributed by atoms with van der Waals surface area (Å²) in [5, 5.41) is 1.79. The minimum atomic E-state index is -0.395. The number of likely N-dealkylation sites (tertiary alicyclic amines) is 1. The van der Waals surface area contributed by atoms with Crippen molar-refractivity contribution in [3.8, 4) is 0 Å². The van der Waals surface area contributed by atoms with Gasteiger partial charge in [0.15, 0.2) is 11.0 Å². The molecule has 1 saturated heterocycles. The number of halogens is 1. The summed E-state index contributed by atoms with van der Waals surface area (Å²) >= 11 is 1.42. The van der Waals surface area contributed by atoms with Crippen molar-refractivity contribution in [3.05, 3.63) is 59.7 Å². The summed E-state index contributed by atoms with van der Waals surface area (Å²) in [6.07, 6.45) is 2.61. The number of thioether (sulfide) groups is 1. The third-order valence-electron chi connectivity index (χ3n) is 5.85. The highest BCUT2D eigenvalue weighted by atomic mass is 32.2. The van der Waals surface area contributed by atoms with Gasteiger partial charge in [0.2, 0.25) is 0 Å². The summed E-state index contributed by atoms with van der Waals surface area (Å²) in [5.41, 5.74) is 11.3. The summed E-state index contributed by atoms with van der Waals surface area (Å²) in [6, 6.07) is 16.8. The summed E-state index contributed by atoms with van der Waals surface area (Å²) in [4.78, 5) is 11.8. The van der Waals surface area contributed by atoms with Crippen LogP contribution in [0.2, 0.25) is 0 Å². The Morgan fingerprint density at radius 1 is 0.935 bits per heavy atom. The number of aromatic nitrogens is 3. The molecule has 0 radical (unpaired) electrons. The van der Waals surface area contributed by atoms with Gasteiger partial charge < -0.3 is 10.3 Å². The van der Waals surface area contributed by atoms with Gasteiger partial charge in [0.25, 0.3) is 0 Å². The van der Waals surface area contributed by atoms with Crippen LogP contribution in [0.1, 0.15) is 24.0 Å². The number of nitrogen functional groups attached to an aromatic ring is 1. The first-order valence-electron chi connectivity index (χ1n) is 10.8. The zero-order valence-electron chi connectivity index (χ0n) is 17.4. The van der Waals surface area contributed by atoms with Gasteiger partial charge in [-0.2, -0.15) is 0 Å². The van der Waals surface area contributed by atoms with Gasteiger partial charge in [-0.15, -0.1) is 0 Å². The van der Waals surface area contributed by atoms with E-state index in [-0.39, 0.29) is 0 Å². The van der Waals surface area contributed by atoms with Crippen LogP contribution in [-0.2, 0) is 13.1 Å². The summed E-state index contributed by atoms with van der Waals surface area (Å²) in [7, 11) is 0. The normalized spacial score (nSPS) is 14.7. The molecule has 31 heavy (non-hydrogen) atoms. The Balaban J connectivity index is 1.53. The van der Waals surface area contributed by atoms with Crippen LogP contribution in [0.3, 0.4) is 0 Å². The van der Waals surface area contributed by atoms with Gasteiger partial charge in [0, 0.05) is 17.7 Å². The predicted octanol–water partition coefficient (Wildman–Crippen LogP) is 4.87. The smallest absolute Gasteiger partial charge is 0.169 e. The van der Waals surface area contributed by atoms with E-state index in [1.54, 1.807) is 0 Å². The zero-order valence-corrected chi connectivity index (χ0v) is 18.2. The molecule has 2 aromatic heterocycles. The first-order chi connectivity index (χ1) is 15.2. The maximum absolute atomic E-state index is 12.9. The summed E-state index contributed by atoms with van der Waals surface area (Å²) in [5.74, 6) is 0.777. The number of hydrogen-bond acceptors (Lipinski definition) is 5. The van der Waals surface area contributed by atoms with Gasteiger partial charge in [-0.05, 0) is 43.1 Å². The Morgan fingerprint density at radius 2 is 1.65 bits per heavy atom. The molecule has 0 saturated carbocycles. The van der Waals surface area contributed by atoms with E-state index < -0.39 is 6.67 Å². The van der Waals surface area contributed by atoms with Crippen molar-refractivity contribution in [1.82, 2.24) is 19.4 Å². The molecule has 2 aromatic carbocycles. The maximum Gasteiger partial charge on any atom is 0.169 e. The molecule has 4 aromatic rings. The van der Waals surface area contributed by atoms with Gasteiger partial charge >= 0.3 is 0 Å². The number of rotatable bonds is 7. The molecule has 3 heterocycles. The van der Waals surface area contributed by atoms with Crippen LogP contribution >= 0.6 is 11.8 Å². The van der Waals surface area contributed by atoms with Gasteiger partial charge in [-0.3, -0.25) is 9.29 Å². The third-order valence-corrected chi connectivity index (χ3v) is 6.78. The fourth-order valence-corrected chi connectivity index (χ4v) is 5.08. The van der Waals surface area contributed by atoms with E-state index in [0.717, 1.165) is 28.1 Å². The molecule has 160 valence electrons. The second-order valence-electron chi connectivity index (χ2n) is 8.03. The molecule has 1 fully saturated rings. The largest absolute Gasteiger partial charge is 0.382 e. The van der Waals surface area contributed by atoms with Crippen LogP contribution in [0.5, 0.6) is 0 Å². The van der Waals surface area contributed by atoms with Crippen molar-refractivity contribution in [3.63, 3.8) is 0 Å². The number of nitrogens with two attached hydrogens (primary N) is 1. The number of anilines is 1. The van der Waals surface area contributed by atoms with Crippen molar-refractivity contribution in [1.29, 1.82) is 0 Å². The lowest BCUT2D eigenvalue weighted by atomic mass is 10.1. The predicted molar refractivity (Wildman–Crippen MR) is 126 cm³/mol. The number of hydrogen-bond donors (Lipinski definition) is 1. The highest BCUT2D eigenvalue weighted by Crippen LogP contribution is 2.32. The molecule has 0 amide bonds. The molecular formula is C24H26FN5S. The van der Waals surface area contributed by atoms with Gasteiger partial charge in [0.1, 0.15) is 5.52 Å². The van der Waals surface area contributed by atoms with Crippen molar-refractivity contribution in [2.75, 3.05) is 31.3 Å². The summed E-state index contributed by atoms with van der Waals surface area (Å²) < 4.78 is 15.1. The molecule has 0 atom stereocenters. The van der Waals surface area contributed by atoms with Gasteiger partial charge in [-0.1, -0.05) is 54.2 Å². The minimum absolute atomic E-state index is 0.364. The lowest BCUT2D eigenvalue weighted by molar-refractivity contribution is 0.331. The highest BCUT2D eigenvalue weighted by molar-refractivity contribution is 7.99. The highest BCUT2D eigenvalue weighted by Gasteiger charge is 2.18. The fourth-order valence-electron chi connectivity index (χ4n) is 4.36. The molecule has 0 aliphatic carbocycles. The van der Waals surface area contributed by atoms with E-state index in [4.69, 9.17) is 10.7 Å². The van der Waals surface area contributed by atoms with Crippen molar-refractivity contribution < 1.29 is 4.39 Å². The zero-order chi connectivity index (χ0) is 21.2. The Labute approximate surface area is 185 Å². The first-order valence-corrected chi connectivity index (χ1v) is 11.7. The fraction of sp³-hybridized carbons (Fsp3) is 0.333. The molecule has 1 aliphatic heterocycles. The summed E-state index contributed by atoms with van der Waals surface area (Å²) in [6.45, 7) is 3.66.